The maximum Gasteiger partial charge on any atom is 0.573 e. The first kappa shape index (κ1) is 23.5. The second-order valence-electron chi connectivity index (χ2n) is 8.43. The summed E-state index contributed by atoms with van der Waals surface area (Å²) in [7, 11) is 0. The fourth-order valence-electron chi connectivity index (χ4n) is 4.20. The van der Waals surface area contributed by atoms with Crippen molar-refractivity contribution in [3.05, 3.63) is 53.3 Å². The number of fused-ring (bicyclic) bond motifs is 1. The number of nitrogens with two attached hydrogens (primary N) is 1. The number of rotatable bonds is 7. The van der Waals surface area contributed by atoms with Crippen LogP contribution in [-0.4, -0.2) is 45.7 Å². The topological polar surface area (TPSA) is 103 Å². The summed E-state index contributed by atoms with van der Waals surface area (Å²) in [5, 5.41) is 4.52. The third-order valence-electron chi connectivity index (χ3n) is 5.76. The van der Waals surface area contributed by atoms with Crippen molar-refractivity contribution in [2.45, 2.75) is 39.0 Å². The first-order chi connectivity index (χ1) is 16.1. The molecule has 2 N–H and O–H groups in total. The second kappa shape index (κ2) is 9.32. The Hall–Kier alpha value is -3.63. The number of primary amides is 1. The van der Waals surface area contributed by atoms with E-state index in [1.807, 2.05) is 19.1 Å². The van der Waals surface area contributed by atoms with E-state index >= 15 is 0 Å². The molecule has 0 radical (unpaired) electrons. The highest BCUT2D eigenvalue weighted by Gasteiger charge is 2.31. The molecule has 0 atom stereocenters. The van der Waals surface area contributed by atoms with Crippen molar-refractivity contribution in [3.63, 3.8) is 0 Å². The van der Waals surface area contributed by atoms with E-state index in [9.17, 15) is 22.8 Å². The van der Waals surface area contributed by atoms with Gasteiger partial charge in [0.15, 0.2) is 11.4 Å². The van der Waals surface area contributed by atoms with Gasteiger partial charge in [-0.3, -0.25) is 9.59 Å². The lowest BCUT2D eigenvalue weighted by atomic mass is 9.93. The molecule has 1 saturated heterocycles. The number of aromatic nitrogens is 3. The number of carbonyl (C=O) groups is 2. The molecule has 0 saturated carbocycles. The molecule has 3 aromatic rings. The molecule has 0 aliphatic carbocycles. The van der Waals surface area contributed by atoms with E-state index in [4.69, 9.17) is 5.73 Å². The highest BCUT2D eigenvalue weighted by Crippen LogP contribution is 2.27. The van der Waals surface area contributed by atoms with Crippen LogP contribution in [-0.2, 0) is 11.2 Å². The summed E-state index contributed by atoms with van der Waals surface area (Å²) in [4.78, 5) is 30.7. The van der Waals surface area contributed by atoms with E-state index in [2.05, 4.69) is 19.7 Å². The van der Waals surface area contributed by atoms with E-state index < -0.39 is 6.36 Å². The van der Waals surface area contributed by atoms with Gasteiger partial charge in [-0.25, -0.2) is 4.98 Å². The largest absolute Gasteiger partial charge is 0.573 e. The Morgan fingerprint density at radius 1 is 1.15 bits per heavy atom. The van der Waals surface area contributed by atoms with E-state index in [0.29, 0.717) is 30.9 Å². The second-order valence-corrected chi connectivity index (χ2v) is 8.43. The normalized spacial score (nSPS) is 15.0. The molecule has 8 nitrogen and oxygen atoms in total. The quantitative estimate of drug-likeness (QED) is 0.525. The zero-order valence-electron chi connectivity index (χ0n) is 18.5. The number of halogens is 3. The highest BCUT2D eigenvalue weighted by molar-refractivity contribution is 5.97. The van der Waals surface area contributed by atoms with Crippen LogP contribution in [0.15, 0.2) is 36.4 Å². The third-order valence-corrected chi connectivity index (χ3v) is 5.76. The Kier molecular flexibility index (Phi) is 6.45. The van der Waals surface area contributed by atoms with Gasteiger partial charge in [0.1, 0.15) is 11.6 Å². The molecule has 1 aromatic carbocycles. The number of piperidine rings is 1. The van der Waals surface area contributed by atoms with Gasteiger partial charge >= 0.3 is 6.36 Å². The summed E-state index contributed by atoms with van der Waals surface area (Å²) in [5.74, 6) is 0.0764. The Morgan fingerprint density at radius 3 is 2.44 bits per heavy atom. The van der Waals surface area contributed by atoms with E-state index in [-0.39, 0.29) is 35.3 Å². The molecular weight excluding hydrogens is 451 g/mol. The molecule has 4 rings (SSSR count). The fourth-order valence-corrected chi connectivity index (χ4v) is 4.20. The fraction of sp³-hybridized carbons (Fsp3) is 0.391. The van der Waals surface area contributed by atoms with Crippen molar-refractivity contribution in [1.29, 1.82) is 0 Å². The van der Waals surface area contributed by atoms with Crippen LogP contribution in [0.5, 0.6) is 5.75 Å². The molecule has 34 heavy (non-hydrogen) atoms. The Labute approximate surface area is 193 Å². The van der Waals surface area contributed by atoms with Gasteiger partial charge in [-0.1, -0.05) is 0 Å². The molecule has 1 aliphatic heterocycles. The van der Waals surface area contributed by atoms with Crippen LogP contribution in [0.4, 0.5) is 19.0 Å². The average Bonchev–Trinajstić information content (AvgIpc) is 3.13. The van der Waals surface area contributed by atoms with Crippen LogP contribution in [0.1, 0.15) is 41.0 Å². The Bertz CT molecular complexity index is 1200. The zero-order valence-corrected chi connectivity index (χ0v) is 18.5. The summed E-state index contributed by atoms with van der Waals surface area (Å²) in [6, 6.07) is 8.46. The van der Waals surface area contributed by atoms with E-state index in [1.54, 1.807) is 4.52 Å². The summed E-state index contributed by atoms with van der Waals surface area (Å²) in [6.45, 7) is 3.28. The SMILES string of the molecule is Cc1cc2nc(CC(=O)c3ccc(OC(F)(F)F)cc3)cc(N3CCC(CC(N)=O)CC3)n2n1. The van der Waals surface area contributed by atoms with Gasteiger partial charge in [0.2, 0.25) is 5.91 Å². The van der Waals surface area contributed by atoms with Crippen molar-refractivity contribution in [2.24, 2.45) is 11.7 Å². The van der Waals surface area contributed by atoms with Crippen LogP contribution in [0.2, 0.25) is 0 Å². The highest BCUT2D eigenvalue weighted by atomic mass is 19.4. The minimum Gasteiger partial charge on any atom is -0.406 e. The van der Waals surface area contributed by atoms with Gasteiger partial charge in [-0.05, 0) is 49.9 Å². The summed E-state index contributed by atoms with van der Waals surface area (Å²) < 4.78 is 42.7. The predicted octanol–water partition coefficient (Wildman–Crippen LogP) is 3.45. The van der Waals surface area contributed by atoms with Gasteiger partial charge in [0.25, 0.3) is 0 Å². The number of carbonyl (C=O) groups excluding carboxylic acids is 2. The van der Waals surface area contributed by atoms with Gasteiger partial charge in [-0.2, -0.15) is 9.61 Å². The molecule has 0 bridgehead atoms. The number of hydrogen-bond acceptors (Lipinski definition) is 6. The number of amides is 1. The van der Waals surface area contributed by atoms with Gasteiger partial charge in [0, 0.05) is 37.2 Å². The number of ether oxygens (including phenoxy) is 1. The van der Waals surface area contributed by atoms with Gasteiger partial charge < -0.3 is 15.4 Å². The van der Waals surface area contributed by atoms with Crippen LogP contribution < -0.4 is 15.4 Å². The Morgan fingerprint density at radius 2 is 1.82 bits per heavy atom. The summed E-state index contributed by atoms with van der Waals surface area (Å²) >= 11 is 0. The number of aryl methyl sites for hydroxylation is 1. The number of alkyl halides is 3. The van der Waals surface area contributed by atoms with Crippen LogP contribution in [0.3, 0.4) is 0 Å². The minimum absolute atomic E-state index is 0.0225. The third kappa shape index (κ3) is 5.64. The zero-order chi connectivity index (χ0) is 24.5. The average molecular weight is 475 g/mol. The van der Waals surface area contributed by atoms with E-state index in [1.165, 1.54) is 12.1 Å². The molecule has 0 unspecified atom stereocenters. The predicted molar refractivity (Wildman–Crippen MR) is 118 cm³/mol. The lowest BCUT2D eigenvalue weighted by molar-refractivity contribution is -0.274. The first-order valence-electron chi connectivity index (χ1n) is 10.9. The number of anilines is 1. The summed E-state index contributed by atoms with van der Waals surface area (Å²) in [5.41, 5.74) is 7.50. The number of hydrogen-bond donors (Lipinski definition) is 1. The molecule has 1 amide bonds. The van der Waals surface area contributed by atoms with Gasteiger partial charge in [-0.15, -0.1) is 13.2 Å². The molecule has 0 spiro atoms. The van der Waals surface area contributed by atoms with Crippen molar-refractivity contribution in [1.82, 2.24) is 14.6 Å². The molecule has 180 valence electrons. The summed E-state index contributed by atoms with van der Waals surface area (Å²) in [6.07, 6.45) is -2.82. The molecule has 3 heterocycles. The van der Waals surface area contributed by atoms with E-state index in [0.717, 1.165) is 36.5 Å². The van der Waals surface area contributed by atoms with Crippen molar-refractivity contribution in [3.8, 4) is 5.75 Å². The first-order valence-corrected chi connectivity index (χ1v) is 10.9. The van der Waals surface area contributed by atoms with Crippen molar-refractivity contribution >= 4 is 23.2 Å². The lowest BCUT2D eigenvalue weighted by Gasteiger charge is -2.33. The monoisotopic (exact) mass is 475 g/mol. The standard InChI is InChI=1S/C23H24F3N5O3/c1-14-10-21-28-17(12-19(32)16-2-4-18(5-3-16)34-23(24,25)26)13-22(31(21)29-14)30-8-6-15(7-9-30)11-20(27)33/h2-5,10,13,15H,6-9,11-12H2,1H3,(H2,27,33). The number of benzene rings is 1. The molecule has 11 heteroatoms. The number of nitrogens with zero attached hydrogens (tertiary/aromatic N) is 4. The van der Waals surface area contributed by atoms with Crippen LogP contribution >= 0.6 is 0 Å². The van der Waals surface area contributed by atoms with Crippen LogP contribution in [0, 0.1) is 12.8 Å². The molecular formula is C23H24F3N5O3. The number of Topliss-reactive ketones (excluding diaryl/α,β-unsaturated/α-hetero) is 1. The minimum atomic E-state index is -4.79. The lowest BCUT2D eigenvalue weighted by Crippen LogP contribution is -2.36. The Balaban J connectivity index is 1.53. The van der Waals surface area contributed by atoms with Crippen molar-refractivity contribution in [2.75, 3.05) is 18.0 Å². The molecule has 1 aliphatic rings. The smallest absolute Gasteiger partial charge is 0.406 e. The molecule has 2 aromatic heterocycles. The molecule has 1 fully saturated rings. The maximum atomic E-state index is 12.8. The number of ketones is 1. The maximum absolute atomic E-state index is 12.8. The van der Waals surface area contributed by atoms with Crippen LogP contribution in [0.25, 0.3) is 5.65 Å². The van der Waals surface area contributed by atoms with Crippen molar-refractivity contribution < 1.29 is 27.5 Å². The van der Waals surface area contributed by atoms with Gasteiger partial charge in [0.05, 0.1) is 17.8 Å².